The number of nitrogen functional groups attached to an aromatic ring is 1. The fourth-order valence-corrected chi connectivity index (χ4v) is 12.8. The summed E-state index contributed by atoms with van der Waals surface area (Å²) >= 11 is 0. The monoisotopic (exact) mass is 1320 g/mol. The number of azo groups is 2. The number of hydrogen-bond donors (Lipinski definition) is 15. The van der Waals surface area contributed by atoms with Gasteiger partial charge in [-0.3, -0.25) is 53.6 Å². The van der Waals surface area contributed by atoms with E-state index < -0.39 is 189 Å². The molecule has 0 aromatic heterocycles. The Morgan fingerprint density at radius 1 is 0.541 bits per heavy atom. The maximum absolute atomic E-state index is 13.1. The number of phenols is 3. The number of nitrogens with one attached hydrogen (secondary N) is 4. The van der Waals surface area contributed by atoms with Gasteiger partial charge in [-0.15, -0.1) is 15.3 Å². The Morgan fingerprint density at radius 2 is 1.08 bits per heavy atom. The molecular formula is C44H39N9O25S7. The van der Waals surface area contributed by atoms with Gasteiger partial charge in [-0.05, 0) is 96.6 Å². The SMILES string of the molecule is C=C/C(=C(\C=C/C)NNc1c(S(=O)(=O)O)cc2cc(N=Nc3c(S(=O)(=O)O)cc4cc(S(=O)(=O)O)c(NNc5ccc6c(O)c(N=Nc7ccc(OC)cc7S(=O)(=O)O)c(S(=O)(=O)O)cc6c5S(=O)(=O)O)c(N)c4c3O)ccc2c1O)S(=O)(=O)O. The highest BCUT2D eigenvalue weighted by Crippen LogP contribution is 2.49. The predicted octanol–water partition coefficient (Wildman–Crippen LogP) is 6.38. The summed E-state index contributed by atoms with van der Waals surface area (Å²) in [7, 11) is -36.7. The number of fused-ring (bicyclic) bond motifs is 3. The average Bonchev–Trinajstić information content (AvgIpc) is 1.05. The Bertz CT molecular complexity index is 5040. The molecule has 0 amide bonds. The Morgan fingerprint density at radius 3 is 1.64 bits per heavy atom. The number of nitrogens with two attached hydrogens (primary N) is 1. The van der Waals surface area contributed by atoms with Gasteiger partial charge < -0.3 is 25.8 Å². The zero-order valence-electron chi connectivity index (χ0n) is 42.2. The van der Waals surface area contributed by atoms with Crippen molar-refractivity contribution >= 4 is 149 Å². The van der Waals surface area contributed by atoms with Gasteiger partial charge in [0.15, 0.2) is 11.5 Å². The number of nitrogens with zero attached hydrogens (tertiary/aromatic N) is 4. The van der Waals surface area contributed by atoms with Crippen LogP contribution < -0.4 is 32.2 Å². The lowest BCUT2D eigenvalue weighted by Gasteiger charge is -2.20. The zero-order valence-corrected chi connectivity index (χ0v) is 47.9. The minimum atomic E-state index is -5.70. The van der Waals surface area contributed by atoms with Crippen molar-refractivity contribution < 1.29 is 111 Å². The smallest absolute Gasteiger partial charge is 0.297 e. The van der Waals surface area contributed by atoms with Crippen molar-refractivity contribution in [2.75, 3.05) is 29.1 Å². The molecule has 85 heavy (non-hydrogen) atoms. The summed E-state index contributed by atoms with van der Waals surface area (Å²) in [4.78, 5) is -8.25. The van der Waals surface area contributed by atoms with Gasteiger partial charge in [0.05, 0.1) is 40.9 Å². The van der Waals surface area contributed by atoms with E-state index in [0.29, 0.717) is 18.2 Å². The van der Waals surface area contributed by atoms with Gasteiger partial charge in [0.25, 0.3) is 70.8 Å². The van der Waals surface area contributed by atoms with Crippen LogP contribution in [0.2, 0.25) is 0 Å². The molecule has 0 spiro atoms. The van der Waals surface area contributed by atoms with Crippen molar-refractivity contribution in [3.63, 3.8) is 0 Å². The third-order valence-corrected chi connectivity index (χ3v) is 17.9. The molecule has 0 heterocycles. The molecular weight excluding hydrogens is 1280 g/mol. The Kier molecular flexibility index (Phi) is 17.1. The van der Waals surface area contributed by atoms with E-state index in [0.717, 1.165) is 73.9 Å². The van der Waals surface area contributed by atoms with E-state index in [4.69, 9.17) is 10.5 Å². The fourth-order valence-electron chi connectivity index (χ4n) is 8.03. The van der Waals surface area contributed by atoms with Crippen molar-refractivity contribution in [1.29, 1.82) is 0 Å². The van der Waals surface area contributed by atoms with Crippen LogP contribution in [0.3, 0.4) is 0 Å². The van der Waals surface area contributed by atoms with E-state index in [1.807, 2.05) is 0 Å². The molecule has 34 nitrogen and oxygen atoms in total. The molecule has 41 heteroatoms. The Labute approximate surface area is 479 Å². The molecule has 0 aliphatic heterocycles. The van der Waals surface area contributed by atoms with Crippen molar-refractivity contribution in [2.24, 2.45) is 20.5 Å². The molecule has 0 saturated heterocycles. The minimum absolute atomic E-state index is 0.119. The second-order valence-corrected chi connectivity index (χ2v) is 26.7. The summed E-state index contributed by atoms with van der Waals surface area (Å²) in [6, 6.07) is 9.53. The number of aromatic hydroxyl groups is 3. The summed E-state index contributed by atoms with van der Waals surface area (Å²) in [5.74, 6) is -3.68. The van der Waals surface area contributed by atoms with Crippen LogP contribution >= 0.6 is 0 Å². The number of allylic oxidation sites excluding steroid dienone is 3. The van der Waals surface area contributed by atoms with E-state index in [9.17, 15) is 106 Å². The van der Waals surface area contributed by atoms with Crippen LogP contribution in [-0.4, -0.2) is 113 Å². The average molecular weight is 1320 g/mol. The molecule has 0 unspecified atom stereocenters. The quantitative estimate of drug-likeness (QED) is 0.00982. The second kappa shape index (κ2) is 22.7. The topological polar surface area (TPSA) is 574 Å². The largest absolute Gasteiger partial charge is 0.505 e. The second-order valence-electron chi connectivity index (χ2n) is 17.0. The predicted molar refractivity (Wildman–Crippen MR) is 299 cm³/mol. The van der Waals surface area contributed by atoms with Crippen LogP contribution in [0.15, 0.2) is 158 Å². The van der Waals surface area contributed by atoms with E-state index in [1.54, 1.807) is 0 Å². The van der Waals surface area contributed by atoms with Gasteiger partial charge in [-0.1, -0.05) is 12.7 Å². The number of rotatable bonds is 20. The summed E-state index contributed by atoms with van der Waals surface area (Å²) < 4.78 is 253. The molecule has 0 fully saturated rings. The molecule has 7 aromatic carbocycles. The molecule has 7 aromatic rings. The first-order valence-corrected chi connectivity index (χ1v) is 32.3. The molecule has 0 aliphatic carbocycles. The minimum Gasteiger partial charge on any atom is -0.505 e. The van der Waals surface area contributed by atoms with E-state index in [-0.39, 0.29) is 22.2 Å². The zero-order chi connectivity index (χ0) is 63.5. The van der Waals surface area contributed by atoms with Crippen LogP contribution in [0.1, 0.15) is 6.92 Å². The third kappa shape index (κ3) is 13.2. The number of hydrazine groups is 2. The first-order chi connectivity index (χ1) is 39.1. The lowest BCUT2D eigenvalue weighted by molar-refractivity contribution is 0.412. The van der Waals surface area contributed by atoms with Gasteiger partial charge in [0, 0.05) is 22.2 Å². The highest BCUT2D eigenvalue weighted by Gasteiger charge is 2.32. The number of anilines is 4. The van der Waals surface area contributed by atoms with Crippen LogP contribution in [-0.2, 0) is 70.8 Å². The maximum Gasteiger partial charge on any atom is 0.297 e. The lowest BCUT2D eigenvalue weighted by Crippen LogP contribution is -2.24. The van der Waals surface area contributed by atoms with Gasteiger partial charge in [-0.2, -0.15) is 64.0 Å². The van der Waals surface area contributed by atoms with Gasteiger partial charge in [0.2, 0.25) is 0 Å². The maximum atomic E-state index is 13.1. The highest BCUT2D eigenvalue weighted by molar-refractivity contribution is 7.90. The van der Waals surface area contributed by atoms with Crippen LogP contribution in [0, 0.1) is 0 Å². The number of phenolic OH excluding ortho intramolecular Hbond substituents is 3. The van der Waals surface area contributed by atoms with E-state index in [2.05, 4.69) is 48.7 Å². The summed E-state index contributed by atoms with van der Waals surface area (Å²) in [5.41, 5.74) is 7.64. The van der Waals surface area contributed by atoms with Gasteiger partial charge in [-0.25, -0.2) is 0 Å². The molecule has 0 atom stereocenters. The molecule has 452 valence electrons. The van der Waals surface area contributed by atoms with Crippen molar-refractivity contribution in [3.05, 3.63) is 108 Å². The summed E-state index contributed by atoms with van der Waals surface area (Å²) in [6.07, 6.45) is 3.11. The number of methoxy groups -OCH3 is 1. The third-order valence-electron chi connectivity index (χ3n) is 11.6. The Balaban J connectivity index is 1.35. The van der Waals surface area contributed by atoms with Gasteiger partial charge in [0.1, 0.15) is 68.5 Å². The molecule has 7 rings (SSSR count). The number of benzene rings is 7. The van der Waals surface area contributed by atoms with Crippen molar-refractivity contribution in [3.8, 4) is 23.0 Å². The lowest BCUT2D eigenvalue weighted by atomic mass is 10.0. The van der Waals surface area contributed by atoms with E-state index >= 15 is 0 Å². The van der Waals surface area contributed by atoms with Crippen LogP contribution in [0.25, 0.3) is 32.3 Å². The molecule has 0 saturated carbocycles. The molecule has 0 bridgehead atoms. The van der Waals surface area contributed by atoms with E-state index in [1.165, 1.54) is 13.0 Å². The van der Waals surface area contributed by atoms with Crippen molar-refractivity contribution in [1.82, 2.24) is 5.43 Å². The first-order valence-electron chi connectivity index (χ1n) is 22.2. The number of ether oxygens (including phenoxy) is 1. The van der Waals surface area contributed by atoms with Crippen LogP contribution in [0.4, 0.5) is 45.5 Å². The highest BCUT2D eigenvalue weighted by atomic mass is 32.2. The molecule has 16 N–H and O–H groups in total. The number of hydrogen-bond acceptors (Lipinski definition) is 27. The first kappa shape index (κ1) is 63.9. The summed E-state index contributed by atoms with van der Waals surface area (Å²) in [5, 5.41) is 45.3. The fraction of sp³-hybridized carbons (Fsp3) is 0.0455. The molecule has 0 aliphatic rings. The van der Waals surface area contributed by atoms with Crippen LogP contribution in [0.5, 0.6) is 23.0 Å². The Hall–Kier alpha value is -8.69. The van der Waals surface area contributed by atoms with Crippen molar-refractivity contribution in [2.45, 2.75) is 36.3 Å². The molecule has 0 radical (unpaired) electrons. The normalized spacial score (nSPS) is 13.5. The standard InChI is InChI=1S/C44H39N9O25S7/c1-4-6-26(29(5-2)79(57,58)59)47-52-38-32(82(66,67)68)14-19-13-21(7-9-23(19)41(38)54)46-51-40-33(83(69,70)71)16-20-15-31(81(63,64)65)37(36(45)35(20)43(40)56)50-49-28-12-10-24-25(44(28)85(75,76)77)18-34(84(72,73)74)39(42(24)55)53-48-27-11-8-22(78-3)17-30(27)80(60,61)62/h4-18,47,49-50,52,54-56H,2,45H2,1,3H3,(H,57,58,59)(H,60,61,62)(H,63,64,65)(H,66,67,68)(H,69,70,71)(H,72,73,74)(H,75,76,77)/b6-4-,29-26-,51-46?,53-48?. The van der Waals surface area contributed by atoms with Gasteiger partial charge >= 0.3 is 0 Å². The summed E-state index contributed by atoms with van der Waals surface area (Å²) in [6.45, 7) is 4.73.